The van der Waals surface area contributed by atoms with Gasteiger partial charge < -0.3 is 15.0 Å². The molecule has 5 aliphatic heterocycles. The van der Waals surface area contributed by atoms with Crippen molar-refractivity contribution in [3.8, 4) is 11.3 Å². The molecule has 8 rings (SSSR count). The first-order chi connectivity index (χ1) is 17.7. The number of anilines is 1. The van der Waals surface area contributed by atoms with Crippen LogP contribution in [0.1, 0.15) is 35.4 Å². The Morgan fingerprint density at radius 1 is 0.917 bits per heavy atom. The summed E-state index contributed by atoms with van der Waals surface area (Å²) in [5, 5.41) is 3.16. The van der Waals surface area contributed by atoms with Crippen LogP contribution in [0.25, 0.3) is 11.3 Å². The minimum Gasteiger partial charge on any atom is -0.378 e. The van der Waals surface area contributed by atoms with Gasteiger partial charge in [0.2, 0.25) is 5.91 Å². The maximum absolute atomic E-state index is 12.9. The Bertz CT molecular complexity index is 1210. The molecule has 186 valence electrons. The summed E-state index contributed by atoms with van der Waals surface area (Å²) in [7, 11) is 0. The third-order valence-corrected chi connectivity index (χ3v) is 7.63. The SMILES string of the molecule is O=C1NCc2ccc(cc2)-c2ccnc(n2)Cc2ccc(N3CCOCC3)c(c2)CN2CCC1CC2. The van der Waals surface area contributed by atoms with Crippen LogP contribution in [0.5, 0.6) is 0 Å². The molecule has 7 nitrogen and oxygen atoms in total. The standard InChI is InChI=1S/C29H33N5O2/c35-29-24-8-11-33(12-9-24)20-25-17-22(3-6-27(25)34-13-15-36-16-14-34)18-28-30-10-7-26(32-28)23-4-1-21(2-5-23)19-31-29/h1-7,10,17,24H,8-9,11-16,18-20H2,(H,31,35). The molecular formula is C29H33N5O2. The molecule has 0 unspecified atom stereocenters. The number of rotatable bonds is 1. The molecular weight excluding hydrogens is 450 g/mol. The average molecular weight is 484 g/mol. The first kappa shape index (κ1) is 23.1. The van der Waals surface area contributed by atoms with E-state index in [4.69, 9.17) is 9.72 Å². The molecule has 0 spiro atoms. The third kappa shape index (κ3) is 5.13. The van der Waals surface area contributed by atoms with Crippen molar-refractivity contribution in [1.29, 1.82) is 0 Å². The number of amides is 1. The molecule has 1 aromatic heterocycles. The van der Waals surface area contributed by atoms with Crippen molar-refractivity contribution in [3.63, 3.8) is 0 Å². The van der Waals surface area contributed by atoms with Crippen molar-refractivity contribution in [3.05, 3.63) is 77.2 Å². The van der Waals surface area contributed by atoms with Crippen LogP contribution in [0.15, 0.2) is 54.7 Å². The van der Waals surface area contributed by atoms with Crippen LogP contribution in [-0.2, 0) is 29.0 Å². The Hall–Kier alpha value is -3.29. The number of benzene rings is 2. The molecule has 8 bridgehead atoms. The van der Waals surface area contributed by atoms with E-state index in [1.54, 1.807) is 0 Å². The van der Waals surface area contributed by atoms with E-state index in [2.05, 4.69) is 62.6 Å². The molecule has 2 saturated heterocycles. The third-order valence-electron chi connectivity index (χ3n) is 7.63. The maximum atomic E-state index is 12.9. The Morgan fingerprint density at radius 2 is 1.69 bits per heavy atom. The normalized spacial score (nSPS) is 22.4. The summed E-state index contributed by atoms with van der Waals surface area (Å²) in [5.74, 6) is 1.09. The van der Waals surface area contributed by atoms with E-state index in [0.29, 0.717) is 13.0 Å². The molecule has 0 atom stereocenters. The lowest BCUT2D eigenvalue weighted by Gasteiger charge is -2.34. The van der Waals surface area contributed by atoms with Gasteiger partial charge in [-0.05, 0) is 54.8 Å². The number of hydrogen-bond donors (Lipinski definition) is 1. The Balaban J connectivity index is 1.35. The Morgan fingerprint density at radius 3 is 2.50 bits per heavy atom. The van der Waals surface area contributed by atoms with Gasteiger partial charge in [-0.1, -0.05) is 36.4 Å². The van der Waals surface area contributed by atoms with Crippen molar-refractivity contribution in [2.24, 2.45) is 5.92 Å². The highest BCUT2D eigenvalue weighted by Gasteiger charge is 2.26. The molecule has 0 radical (unpaired) electrons. The van der Waals surface area contributed by atoms with Crippen LogP contribution >= 0.6 is 0 Å². The Kier molecular flexibility index (Phi) is 6.66. The highest BCUT2D eigenvalue weighted by Crippen LogP contribution is 2.28. The van der Waals surface area contributed by atoms with Gasteiger partial charge in [-0.15, -0.1) is 0 Å². The fraction of sp³-hybridized carbons (Fsp3) is 0.414. The van der Waals surface area contributed by atoms with Crippen molar-refractivity contribution < 1.29 is 9.53 Å². The van der Waals surface area contributed by atoms with Crippen molar-refractivity contribution in [2.75, 3.05) is 44.3 Å². The van der Waals surface area contributed by atoms with Crippen molar-refractivity contribution >= 4 is 11.6 Å². The van der Waals surface area contributed by atoms with Gasteiger partial charge in [-0.25, -0.2) is 9.97 Å². The molecule has 36 heavy (non-hydrogen) atoms. The van der Waals surface area contributed by atoms with Crippen LogP contribution < -0.4 is 10.2 Å². The van der Waals surface area contributed by atoms with Gasteiger partial charge in [0.1, 0.15) is 5.82 Å². The number of carbonyl (C=O) groups is 1. The molecule has 0 aliphatic carbocycles. The van der Waals surface area contributed by atoms with Gasteiger partial charge in [0.05, 0.1) is 18.9 Å². The lowest BCUT2D eigenvalue weighted by Crippen LogP contribution is -2.41. The Labute approximate surface area is 212 Å². The van der Waals surface area contributed by atoms with Gasteiger partial charge in [0, 0.05) is 56.0 Å². The molecule has 7 heteroatoms. The van der Waals surface area contributed by atoms with Crippen LogP contribution in [0, 0.1) is 5.92 Å². The second kappa shape index (κ2) is 10.4. The number of carbonyl (C=O) groups excluding carboxylic acids is 1. The number of hydrogen-bond acceptors (Lipinski definition) is 6. The average Bonchev–Trinajstić information content (AvgIpc) is 2.93. The van der Waals surface area contributed by atoms with Gasteiger partial charge in [0.15, 0.2) is 0 Å². The second-order valence-corrected chi connectivity index (χ2v) is 10.1. The van der Waals surface area contributed by atoms with Crippen LogP contribution in [0.4, 0.5) is 5.69 Å². The number of nitrogens with zero attached hydrogens (tertiary/aromatic N) is 4. The summed E-state index contributed by atoms with van der Waals surface area (Å²) < 4.78 is 5.60. The van der Waals surface area contributed by atoms with Crippen molar-refractivity contribution in [2.45, 2.75) is 32.4 Å². The van der Waals surface area contributed by atoms with Crippen LogP contribution in [0.3, 0.4) is 0 Å². The van der Waals surface area contributed by atoms with E-state index < -0.39 is 0 Å². The minimum atomic E-state index is 0.0874. The lowest BCUT2D eigenvalue weighted by molar-refractivity contribution is -0.126. The van der Waals surface area contributed by atoms with Crippen LogP contribution in [0.2, 0.25) is 0 Å². The number of ether oxygens (including phenoxy) is 1. The fourth-order valence-electron chi connectivity index (χ4n) is 5.54. The van der Waals surface area contributed by atoms with Crippen LogP contribution in [-0.4, -0.2) is 60.2 Å². The molecule has 2 aromatic carbocycles. The van der Waals surface area contributed by atoms with E-state index in [1.165, 1.54) is 16.8 Å². The van der Waals surface area contributed by atoms with E-state index >= 15 is 0 Å². The quantitative estimate of drug-likeness (QED) is 0.572. The zero-order valence-electron chi connectivity index (χ0n) is 20.7. The summed E-state index contributed by atoms with van der Waals surface area (Å²) in [6.07, 6.45) is 4.35. The van der Waals surface area contributed by atoms with Gasteiger partial charge in [-0.2, -0.15) is 0 Å². The summed E-state index contributed by atoms with van der Waals surface area (Å²) in [6, 6.07) is 17.1. The number of morpholine rings is 1. The summed E-state index contributed by atoms with van der Waals surface area (Å²) in [6.45, 7) is 6.68. The number of piperidine rings is 1. The predicted molar refractivity (Wildman–Crippen MR) is 140 cm³/mol. The first-order valence-electron chi connectivity index (χ1n) is 13.1. The highest BCUT2D eigenvalue weighted by molar-refractivity contribution is 5.78. The zero-order valence-corrected chi connectivity index (χ0v) is 20.7. The largest absolute Gasteiger partial charge is 0.378 e. The fourth-order valence-corrected chi connectivity index (χ4v) is 5.54. The summed E-state index contributed by atoms with van der Waals surface area (Å²) in [4.78, 5) is 27.3. The van der Waals surface area contributed by atoms with E-state index in [0.717, 1.165) is 81.4 Å². The smallest absolute Gasteiger partial charge is 0.223 e. The predicted octanol–water partition coefficient (Wildman–Crippen LogP) is 3.41. The molecule has 0 saturated carbocycles. The molecule has 5 aliphatic rings. The molecule has 6 heterocycles. The molecule has 2 fully saturated rings. The minimum absolute atomic E-state index is 0.0874. The maximum Gasteiger partial charge on any atom is 0.223 e. The van der Waals surface area contributed by atoms with E-state index in [1.807, 2.05) is 12.3 Å². The number of aromatic nitrogens is 2. The molecule has 1 amide bonds. The second-order valence-electron chi connectivity index (χ2n) is 10.1. The van der Waals surface area contributed by atoms with Gasteiger partial charge in [0.25, 0.3) is 0 Å². The van der Waals surface area contributed by atoms with Crippen molar-refractivity contribution in [1.82, 2.24) is 20.2 Å². The number of fused-ring (bicyclic) bond motifs is 2. The van der Waals surface area contributed by atoms with E-state index in [9.17, 15) is 4.79 Å². The summed E-state index contributed by atoms with van der Waals surface area (Å²) in [5.41, 5.74) is 6.93. The lowest BCUT2D eigenvalue weighted by atomic mass is 9.95. The summed E-state index contributed by atoms with van der Waals surface area (Å²) >= 11 is 0. The number of nitrogens with one attached hydrogen (secondary N) is 1. The highest BCUT2D eigenvalue weighted by atomic mass is 16.5. The zero-order chi connectivity index (χ0) is 24.3. The van der Waals surface area contributed by atoms with Gasteiger partial charge >= 0.3 is 0 Å². The van der Waals surface area contributed by atoms with E-state index in [-0.39, 0.29) is 11.8 Å². The topological polar surface area (TPSA) is 70.6 Å². The van der Waals surface area contributed by atoms with Gasteiger partial charge in [-0.3, -0.25) is 9.69 Å². The monoisotopic (exact) mass is 483 g/mol. The first-order valence-corrected chi connectivity index (χ1v) is 13.1. The molecule has 1 N–H and O–H groups in total. The molecule has 3 aromatic rings.